The Morgan fingerprint density at radius 1 is 1.19 bits per heavy atom. The molecule has 10 nitrogen and oxygen atoms in total. The number of nitrogens with one attached hydrogen (secondary N) is 4. The van der Waals surface area contributed by atoms with Gasteiger partial charge in [0.25, 0.3) is 0 Å². The number of hydrogen-bond acceptors (Lipinski definition) is 5. The van der Waals surface area contributed by atoms with E-state index in [0.717, 1.165) is 0 Å². The van der Waals surface area contributed by atoms with Crippen LogP contribution in [0.3, 0.4) is 0 Å². The molecule has 0 aromatic carbocycles. The minimum Gasteiger partial charge on any atom is -0.465 e. The van der Waals surface area contributed by atoms with E-state index in [2.05, 4.69) is 21.3 Å². The van der Waals surface area contributed by atoms with Crippen LogP contribution < -0.4 is 21.3 Å². The van der Waals surface area contributed by atoms with Crippen LogP contribution in [0.1, 0.15) is 60.8 Å². The normalized spacial score (nSPS) is 20.2. The van der Waals surface area contributed by atoms with Crippen LogP contribution in [0.15, 0.2) is 0 Å². The zero-order valence-electron chi connectivity index (χ0n) is 19.2. The second kappa shape index (κ2) is 10.6. The number of hydrogen-bond donors (Lipinski definition) is 5. The van der Waals surface area contributed by atoms with E-state index >= 15 is 0 Å². The van der Waals surface area contributed by atoms with E-state index in [4.69, 9.17) is 5.11 Å². The van der Waals surface area contributed by atoms with Crippen molar-refractivity contribution >= 4 is 30.1 Å². The molecule has 0 saturated carbocycles. The fourth-order valence-corrected chi connectivity index (χ4v) is 3.42. The van der Waals surface area contributed by atoms with Gasteiger partial charge < -0.3 is 31.2 Å². The molecule has 4 amide bonds. The predicted molar refractivity (Wildman–Crippen MR) is 114 cm³/mol. The van der Waals surface area contributed by atoms with Crippen LogP contribution in [-0.4, -0.2) is 59.4 Å². The van der Waals surface area contributed by atoms with Gasteiger partial charge in [0.2, 0.25) is 17.7 Å². The molecule has 10 heteroatoms. The maximum Gasteiger partial charge on any atom is 0.405 e. The minimum absolute atomic E-state index is 0.145. The quantitative estimate of drug-likeness (QED) is 0.317. The van der Waals surface area contributed by atoms with Crippen LogP contribution in [-0.2, 0) is 19.2 Å². The SMILES string of the molecule is CC(C)C(C)(NC(=O)O)C(=O)NC(CC(C)(C)C)C(=O)NC(C=O)CC1CCNC1=O. The summed E-state index contributed by atoms with van der Waals surface area (Å²) in [6.45, 7) is 11.1. The Balaban J connectivity index is 2.99. The van der Waals surface area contributed by atoms with Gasteiger partial charge in [0.1, 0.15) is 17.9 Å². The molecule has 0 aromatic rings. The Morgan fingerprint density at radius 3 is 2.23 bits per heavy atom. The van der Waals surface area contributed by atoms with E-state index in [9.17, 15) is 24.0 Å². The second-order valence-corrected chi connectivity index (χ2v) is 9.84. The minimum atomic E-state index is -1.45. The average Bonchev–Trinajstić information content (AvgIpc) is 3.03. The number of rotatable bonds is 10. The lowest BCUT2D eigenvalue weighted by molar-refractivity contribution is -0.134. The van der Waals surface area contributed by atoms with Crippen molar-refractivity contribution in [2.75, 3.05) is 6.54 Å². The van der Waals surface area contributed by atoms with Crippen molar-refractivity contribution in [3.05, 3.63) is 0 Å². The van der Waals surface area contributed by atoms with Crippen LogP contribution >= 0.6 is 0 Å². The van der Waals surface area contributed by atoms with E-state index in [1.54, 1.807) is 13.8 Å². The highest BCUT2D eigenvalue weighted by Gasteiger charge is 2.41. The summed E-state index contributed by atoms with van der Waals surface area (Å²) >= 11 is 0. The molecule has 1 aliphatic rings. The van der Waals surface area contributed by atoms with Gasteiger partial charge >= 0.3 is 6.09 Å². The van der Waals surface area contributed by atoms with Gasteiger partial charge in [0, 0.05) is 12.5 Å². The maximum absolute atomic E-state index is 13.0. The molecule has 1 heterocycles. The first-order valence-corrected chi connectivity index (χ1v) is 10.5. The molecule has 0 aliphatic carbocycles. The van der Waals surface area contributed by atoms with Gasteiger partial charge in [-0.1, -0.05) is 34.6 Å². The summed E-state index contributed by atoms with van der Waals surface area (Å²) in [5.74, 6) is -2.07. The summed E-state index contributed by atoms with van der Waals surface area (Å²) in [6.07, 6.45) is 0.278. The highest BCUT2D eigenvalue weighted by atomic mass is 16.4. The first-order valence-electron chi connectivity index (χ1n) is 10.5. The number of carboxylic acid groups (broad SMARTS) is 1. The number of aldehydes is 1. The van der Waals surface area contributed by atoms with Crippen molar-refractivity contribution in [1.29, 1.82) is 0 Å². The Morgan fingerprint density at radius 2 is 1.81 bits per heavy atom. The largest absolute Gasteiger partial charge is 0.465 e. The third-order valence-electron chi connectivity index (χ3n) is 5.62. The van der Waals surface area contributed by atoms with E-state index < -0.39 is 35.5 Å². The van der Waals surface area contributed by atoms with Gasteiger partial charge in [0.15, 0.2) is 0 Å². The molecule has 1 saturated heterocycles. The predicted octanol–water partition coefficient (Wildman–Crippen LogP) is 0.800. The van der Waals surface area contributed by atoms with Crippen molar-refractivity contribution in [2.24, 2.45) is 17.3 Å². The summed E-state index contributed by atoms with van der Waals surface area (Å²) in [4.78, 5) is 60.5. The second-order valence-electron chi connectivity index (χ2n) is 9.84. The molecule has 31 heavy (non-hydrogen) atoms. The molecular formula is C21H36N4O6. The highest BCUT2D eigenvalue weighted by molar-refractivity contribution is 5.94. The van der Waals surface area contributed by atoms with Crippen LogP contribution in [0.4, 0.5) is 4.79 Å². The lowest BCUT2D eigenvalue weighted by Gasteiger charge is -2.35. The first kappa shape index (κ1) is 26.4. The van der Waals surface area contributed by atoms with Crippen LogP contribution in [0.25, 0.3) is 0 Å². The van der Waals surface area contributed by atoms with Gasteiger partial charge in [-0.3, -0.25) is 14.4 Å². The van der Waals surface area contributed by atoms with Gasteiger partial charge in [0.05, 0.1) is 6.04 Å². The van der Waals surface area contributed by atoms with Crippen molar-refractivity contribution in [3.63, 3.8) is 0 Å². The monoisotopic (exact) mass is 440 g/mol. The summed E-state index contributed by atoms with van der Waals surface area (Å²) in [5.41, 5.74) is -1.79. The fourth-order valence-electron chi connectivity index (χ4n) is 3.42. The van der Waals surface area contributed by atoms with Crippen molar-refractivity contribution < 1.29 is 29.1 Å². The fraction of sp³-hybridized carbons (Fsp3) is 0.762. The van der Waals surface area contributed by atoms with Crippen molar-refractivity contribution in [2.45, 2.75) is 78.4 Å². The summed E-state index contributed by atoms with van der Waals surface area (Å²) in [5, 5.41) is 19.4. The van der Waals surface area contributed by atoms with E-state index in [0.29, 0.717) is 19.3 Å². The first-order chi connectivity index (χ1) is 14.2. The summed E-state index contributed by atoms with van der Waals surface area (Å²) in [7, 11) is 0. The topological polar surface area (TPSA) is 154 Å². The molecule has 1 aliphatic heterocycles. The Kier molecular flexibility index (Phi) is 9.01. The van der Waals surface area contributed by atoms with Gasteiger partial charge in [-0.15, -0.1) is 0 Å². The Bertz CT molecular complexity index is 702. The van der Waals surface area contributed by atoms with E-state index in [1.165, 1.54) is 6.92 Å². The molecule has 0 bridgehead atoms. The molecule has 1 fully saturated rings. The van der Waals surface area contributed by atoms with Crippen molar-refractivity contribution in [1.82, 2.24) is 21.3 Å². The molecule has 0 radical (unpaired) electrons. The van der Waals surface area contributed by atoms with Crippen LogP contribution in [0.2, 0.25) is 0 Å². The lowest BCUT2D eigenvalue weighted by Crippen LogP contribution is -2.63. The summed E-state index contributed by atoms with van der Waals surface area (Å²) in [6, 6.07) is -1.85. The lowest BCUT2D eigenvalue weighted by atomic mass is 9.85. The standard InChI is InChI=1S/C21H36N4O6/c1-12(2)21(6,25-19(30)31)18(29)24-15(10-20(3,4)5)17(28)23-14(11-26)9-13-7-8-22-16(13)27/h11-15,25H,7-10H2,1-6H3,(H,22,27)(H,23,28)(H,24,29)(H,30,31). The van der Waals surface area contributed by atoms with Gasteiger partial charge in [-0.05, 0) is 37.5 Å². The third-order valence-corrected chi connectivity index (χ3v) is 5.62. The number of amides is 4. The Labute approximate surface area is 183 Å². The average molecular weight is 441 g/mol. The maximum atomic E-state index is 13.0. The van der Waals surface area contributed by atoms with Crippen molar-refractivity contribution in [3.8, 4) is 0 Å². The van der Waals surface area contributed by atoms with E-state index in [-0.39, 0.29) is 36.0 Å². The molecule has 5 N–H and O–H groups in total. The summed E-state index contributed by atoms with van der Waals surface area (Å²) < 4.78 is 0. The van der Waals surface area contributed by atoms with Gasteiger partial charge in [-0.25, -0.2) is 4.79 Å². The molecule has 176 valence electrons. The molecule has 0 spiro atoms. The molecule has 4 unspecified atom stereocenters. The zero-order valence-corrected chi connectivity index (χ0v) is 19.2. The van der Waals surface area contributed by atoms with Gasteiger partial charge in [-0.2, -0.15) is 0 Å². The van der Waals surface area contributed by atoms with Crippen LogP contribution in [0, 0.1) is 17.3 Å². The zero-order chi connectivity index (χ0) is 24.0. The molecular weight excluding hydrogens is 404 g/mol. The number of carbonyl (C=O) groups is 5. The molecule has 4 atom stereocenters. The molecule has 1 rings (SSSR count). The van der Waals surface area contributed by atoms with E-state index in [1.807, 2.05) is 20.8 Å². The smallest absolute Gasteiger partial charge is 0.405 e. The third kappa shape index (κ3) is 7.84. The number of carbonyl (C=O) groups excluding carboxylic acids is 4. The highest BCUT2D eigenvalue weighted by Crippen LogP contribution is 2.23. The van der Waals surface area contributed by atoms with Crippen LogP contribution in [0.5, 0.6) is 0 Å². The Hall–Kier alpha value is -2.65. The molecule has 0 aromatic heterocycles.